The summed E-state index contributed by atoms with van der Waals surface area (Å²) in [6.07, 6.45) is 1.70. The van der Waals surface area contributed by atoms with Gasteiger partial charge in [0.2, 0.25) is 0 Å². The number of fused-ring (bicyclic) bond motifs is 1. The predicted octanol–water partition coefficient (Wildman–Crippen LogP) is 3.74. The normalized spacial score (nSPS) is 12.7. The van der Waals surface area contributed by atoms with Gasteiger partial charge in [0.1, 0.15) is 10.7 Å². The van der Waals surface area contributed by atoms with Gasteiger partial charge in [0.25, 0.3) is 5.56 Å². The van der Waals surface area contributed by atoms with Gasteiger partial charge >= 0.3 is 0 Å². The molecule has 0 aliphatic carbocycles. The zero-order valence-electron chi connectivity index (χ0n) is 12.6. The van der Waals surface area contributed by atoms with Crippen LogP contribution in [0, 0.1) is 5.92 Å². The van der Waals surface area contributed by atoms with Gasteiger partial charge in [-0.2, -0.15) is 0 Å². The van der Waals surface area contributed by atoms with Crippen LogP contribution in [0.2, 0.25) is 10.3 Å². The molecule has 118 valence electrons. The van der Waals surface area contributed by atoms with Gasteiger partial charge in [-0.15, -0.1) is 0 Å². The molecular formula is C16H14Cl2N4O. The third kappa shape index (κ3) is 2.94. The molecule has 0 saturated heterocycles. The van der Waals surface area contributed by atoms with Crippen molar-refractivity contribution in [2.45, 2.75) is 19.9 Å². The van der Waals surface area contributed by atoms with E-state index in [1.165, 1.54) is 4.57 Å². The molecule has 3 aromatic rings. The second-order valence-electron chi connectivity index (χ2n) is 5.50. The topological polar surface area (TPSA) is 60.7 Å². The van der Waals surface area contributed by atoms with Crippen LogP contribution in [0.25, 0.3) is 11.2 Å². The van der Waals surface area contributed by atoms with E-state index < -0.39 is 5.56 Å². The molecule has 3 rings (SSSR count). The lowest BCUT2D eigenvalue weighted by Gasteiger charge is -2.24. The average molecular weight is 349 g/mol. The summed E-state index contributed by atoms with van der Waals surface area (Å²) < 4.78 is 1.53. The highest BCUT2D eigenvalue weighted by Gasteiger charge is 2.24. The van der Waals surface area contributed by atoms with Crippen LogP contribution in [0.3, 0.4) is 0 Å². The van der Waals surface area contributed by atoms with Crippen molar-refractivity contribution in [2.24, 2.45) is 5.92 Å². The summed E-state index contributed by atoms with van der Waals surface area (Å²) in [4.78, 5) is 25.5. The SMILES string of the molecule is CC(C)[C@@H](c1ccccn1)n1c(=O)c(Cl)nc2ccc(Cl)nc21. The molecule has 5 nitrogen and oxygen atoms in total. The van der Waals surface area contributed by atoms with Crippen molar-refractivity contribution in [3.63, 3.8) is 0 Å². The zero-order chi connectivity index (χ0) is 16.6. The van der Waals surface area contributed by atoms with Crippen LogP contribution in [0.4, 0.5) is 0 Å². The summed E-state index contributed by atoms with van der Waals surface area (Å²) >= 11 is 12.1. The van der Waals surface area contributed by atoms with E-state index in [2.05, 4.69) is 15.0 Å². The number of halogens is 2. The average Bonchev–Trinajstić information content (AvgIpc) is 2.53. The molecule has 0 N–H and O–H groups in total. The van der Waals surface area contributed by atoms with Crippen LogP contribution in [0.5, 0.6) is 0 Å². The number of hydrogen-bond acceptors (Lipinski definition) is 4. The van der Waals surface area contributed by atoms with Gasteiger partial charge in [0.15, 0.2) is 10.8 Å². The van der Waals surface area contributed by atoms with E-state index >= 15 is 0 Å². The van der Waals surface area contributed by atoms with Gasteiger partial charge in [-0.3, -0.25) is 14.3 Å². The maximum Gasteiger partial charge on any atom is 0.290 e. The molecule has 0 unspecified atom stereocenters. The molecule has 0 amide bonds. The highest BCUT2D eigenvalue weighted by atomic mass is 35.5. The quantitative estimate of drug-likeness (QED) is 0.676. The molecule has 0 bridgehead atoms. The molecule has 0 fully saturated rings. The van der Waals surface area contributed by atoms with Gasteiger partial charge in [0.05, 0.1) is 11.7 Å². The van der Waals surface area contributed by atoms with Crippen molar-refractivity contribution in [2.75, 3.05) is 0 Å². The largest absolute Gasteiger partial charge is 0.290 e. The lowest BCUT2D eigenvalue weighted by Crippen LogP contribution is -2.31. The van der Waals surface area contributed by atoms with Gasteiger partial charge in [0, 0.05) is 6.20 Å². The maximum atomic E-state index is 12.7. The Morgan fingerprint density at radius 3 is 2.52 bits per heavy atom. The number of nitrogens with zero attached hydrogens (tertiary/aromatic N) is 4. The van der Waals surface area contributed by atoms with Gasteiger partial charge < -0.3 is 0 Å². The molecule has 23 heavy (non-hydrogen) atoms. The first kappa shape index (κ1) is 15.9. The zero-order valence-corrected chi connectivity index (χ0v) is 14.1. The second-order valence-corrected chi connectivity index (χ2v) is 6.24. The van der Waals surface area contributed by atoms with Crippen molar-refractivity contribution < 1.29 is 0 Å². The van der Waals surface area contributed by atoms with Gasteiger partial charge in [-0.25, -0.2) is 9.97 Å². The molecular weight excluding hydrogens is 335 g/mol. The number of pyridine rings is 2. The lowest BCUT2D eigenvalue weighted by molar-refractivity contribution is 0.425. The number of rotatable bonds is 3. The Bertz CT molecular complexity index is 909. The van der Waals surface area contributed by atoms with Crippen LogP contribution in [0.15, 0.2) is 41.3 Å². The van der Waals surface area contributed by atoms with Crippen molar-refractivity contribution in [3.05, 3.63) is 62.9 Å². The Balaban J connectivity index is 2.38. The van der Waals surface area contributed by atoms with Crippen molar-refractivity contribution in [3.8, 4) is 0 Å². The number of aromatic nitrogens is 4. The summed E-state index contributed by atoms with van der Waals surface area (Å²) in [5, 5.41) is 0.196. The minimum Gasteiger partial charge on any atom is -0.279 e. The molecule has 0 radical (unpaired) electrons. The van der Waals surface area contributed by atoms with Gasteiger partial charge in [-0.05, 0) is 30.2 Å². The summed E-state index contributed by atoms with van der Waals surface area (Å²) in [6.45, 7) is 4.02. The second kappa shape index (κ2) is 6.26. The lowest BCUT2D eigenvalue weighted by atomic mass is 10.00. The Hall–Kier alpha value is -1.98. The van der Waals surface area contributed by atoms with E-state index in [9.17, 15) is 4.79 Å². The van der Waals surface area contributed by atoms with Crippen LogP contribution in [0.1, 0.15) is 25.6 Å². The fourth-order valence-electron chi connectivity index (χ4n) is 2.61. The molecule has 0 aliphatic heterocycles. The summed E-state index contributed by atoms with van der Waals surface area (Å²) in [5.41, 5.74) is 1.27. The predicted molar refractivity (Wildman–Crippen MR) is 91.0 cm³/mol. The molecule has 1 atom stereocenters. The standard InChI is InChI=1S/C16H14Cl2N4O/c1-9(2)13(10-5-3-4-8-19-10)22-15-11(6-7-12(17)21-15)20-14(18)16(22)23/h3-9,13H,1-2H3/t13-/m0/s1. The molecule has 0 saturated carbocycles. The van der Waals surface area contributed by atoms with Crippen molar-refractivity contribution in [1.29, 1.82) is 0 Å². The van der Waals surface area contributed by atoms with E-state index in [-0.39, 0.29) is 17.1 Å². The minimum atomic E-state index is -0.404. The Morgan fingerprint density at radius 2 is 1.87 bits per heavy atom. The maximum absolute atomic E-state index is 12.7. The van der Waals surface area contributed by atoms with Crippen molar-refractivity contribution in [1.82, 2.24) is 19.5 Å². The van der Waals surface area contributed by atoms with E-state index in [4.69, 9.17) is 23.2 Å². The Kier molecular flexibility index (Phi) is 4.33. The van der Waals surface area contributed by atoms with Crippen LogP contribution >= 0.6 is 23.2 Å². The van der Waals surface area contributed by atoms with E-state index in [0.717, 1.165) is 5.69 Å². The third-order valence-corrected chi connectivity index (χ3v) is 4.02. The van der Waals surface area contributed by atoms with Gasteiger partial charge in [-0.1, -0.05) is 43.1 Å². The minimum absolute atomic E-state index is 0.0880. The smallest absolute Gasteiger partial charge is 0.279 e. The Morgan fingerprint density at radius 1 is 1.09 bits per heavy atom. The summed E-state index contributed by atoms with van der Waals surface area (Å²) in [7, 11) is 0. The fourth-order valence-corrected chi connectivity index (χ4v) is 2.94. The summed E-state index contributed by atoms with van der Waals surface area (Å²) in [6, 6.07) is 8.58. The first-order valence-corrected chi connectivity index (χ1v) is 7.90. The molecule has 3 aromatic heterocycles. The van der Waals surface area contributed by atoms with Crippen LogP contribution < -0.4 is 5.56 Å². The third-order valence-electron chi connectivity index (χ3n) is 3.56. The highest BCUT2D eigenvalue weighted by Crippen LogP contribution is 2.27. The molecule has 0 aromatic carbocycles. The first-order chi connectivity index (χ1) is 11.0. The van der Waals surface area contributed by atoms with Crippen LogP contribution in [-0.4, -0.2) is 19.5 Å². The van der Waals surface area contributed by atoms with E-state index in [0.29, 0.717) is 16.3 Å². The van der Waals surface area contributed by atoms with E-state index in [1.54, 1.807) is 18.3 Å². The highest BCUT2D eigenvalue weighted by molar-refractivity contribution is 6.30. The number of hydrogen-bond donors (Lipinski definition) is 0. The molecule has 0 spiro atoms. The van der Waals surface area contributed by atoms with E-state index in [1.807, 2.05) is 32.0 Å². The molecule has 7 heteroatoms. The Labute approximate surface area is 142 Å². The van der Waals surface area contributed by atoms with Crippen LogP contribution in [-0.2, 0) is 0 Å². The fraction of sp³-hybridized carbons (Fsp3) is 0.250. The summed E-state index contributed by atoms with van der Waals surface area (Å²) in [5.74, 6) is 0.0880. The molecule has 3 heterocycles. The van der Waals surface area contributed by atoms with Crippen molar-refractivity contribution >= 4 is 34.4 Å². The monoisotopic (exact) mass is 348 g/mol. The molecule has 0 aliphatic rings. The first-order valence-electron chi connectivity index (χ1n) is 7.14.